The van der Waals surface area contributed by atoms with Crippen molar-refractivity contribution in [2.75, 3.05) is 0 Å². The van der Waals surface area contributed by atoms with Crippen LogP contribution in [0, 0.1) is 17.8 Å². The van der Waals surface area contributed by atoms with E-state index in [2.05, 4.69) is 26.1 Å². The van der Waals surface area contributed by atoms with Gasteiger partial charge in [0.1, 0.15) is 18.2 Å². The third-order valence-corrected chi connectivity index (χ3v) is 7.54. The lowest BCUT2D eigenvalue weighted by atomic mass is 9.83. The highest BCUT2D eigenvalue weighted by molar-refractivity contribution is 5.79. The third-order valence-electron chi connectivity index (χ3n) is 7.54. The van der Waals surface area contributed by atoms with Gasteiger partial charge in [0.2, 0.25) is 6.41 Å². The zero-order valence-electron chi connectivity index (χ0n) is 23.9. The molecule has 1 saturated heterocycles. The molecule has 1 amide bonds. The summed E-state index contributed by atoms with van der Waals surface area (Å²) in [5, 5.41) is 2.62. The molecule has 1 rings (SSSR count). The van der Waals surface area contributed by atoms with Gasteiger partial charge in [0.25, 0.3) is 0 Å². The van der Waals surface area contributed by atoms with Crippen molar-refractivity contribution >= 4 is 18.3 Å². The van der Waals surface area contributed by atoms with Crippen molar-refractivity contribution in [3.05, 3.63) is 0 Å². The molecule has 0 aromatic heterocycles. The molecule has 0 spiro atoms. The SMILES string of the molecule is CCCCCCCCCCCCC[C@@H](C[C@@H]1OC(=O)[C@H]1CC(C)CC)OC(=O)[C@H](CC(C)C)NC=O. The molecule has 0 bridgehead atoms. The van der Waals surface area contributed by atoms with Crippen LogP contribution in [-0.2, 0) is 23.9 Å². The van der Waals surface area contributed by atoms with Gasteiger partial charge in [-0.2, -0.15) is 0 Å². The molecule has 1 aliphatic heterocycles. The molecule has 0 aromatic rings. The molecule has 1 N–H and O–H groups in total. The molecular weight excluding hydrogens is 454 g/mol. The number of hydrogen-bond acceptors (Lipinski definition) is 5. The van der Waals surface area contributed by atoms with E-state index in [1.54, 1.807) is 0 Å². The van der Waals surface area contributed by atoms with Gasteiger partial charge in [-0.15, -0.1) is 0 Å². The second-order valence-electron chi connectivity index (χ2n) is 11.4. The minimum absolute atomic E-state index is 0.0990. The number of nitrogens with one attached hydrogen (secondary N) is 1. The Labute approximate surface area is 221 Å². The van der Waals surface area contributed by atoms with Crippen LogP contribution >= 0.6 is 0 Å². The summed E-state index contributed by atoms with van der Waals surface area (Å²) >= 11 is 0. The Morgan fingerprint density at radius 2 is 1.53 bits per heavy atom. The van der Waals surface area contributed by atoms with E-state index in [1.807, 2.05) is 13.8 Å². The highest BCUT2D eigenvalue weighted by Gasteiger charge is 2.44. The molecule has 1 fully saturated rings. The van der Waals surface area contributed by atoms with Crippen LogP contribution < -0.4 is 5.32 Å². The summed E-state index contributed by atoms with van der Waals surface area (Å²) in [6.07, 6.45) is 17.7. The van der Waals surface area contributed by atoms with Crippen molar-refractivity contribution in [1.82, 2.24) is 5.32 Å². The average Bonchev–Trinajstić information content (AvgIpc) is 2.84. The van der Waals surface area contributed by atoms with Crippen LogP contribution in [0.2, 0.25) is 0 Å². The van der Waals surface area contributed by atoms with E-state index in [9.17, 15) is 14.4 Å². The summed E-state index contributed by atoms with van der Waals surface area (Å²) in [5.74, 6) is 0.115. The van der Waals surface area contributed by atoms with Crippen LogP contribution in [0.1, 0.15) is 137 Å². The van der Waals surface area contributed by atoms with E-state index < -0.39 is 6.04 Å². The van der Waals surface area contributed by atoms with E-state index in [1.165, 1.54) is 57.8 Å². The number of cyclic esters (lactones) is 1. The number of esters is 2. The summed E-state index contributed by atoms with van der Waals surface area (Å²) in [4.78, 5) is 36.0. The van der Waals surface area contributed by atoms with Crippen LogP contribution in [0.15, 0.2) is 0 Å². The predicted molar refractivity (Wildman–Crippen MR) is 145 cm³/mol. The lowest BCUT2D eigenvalue weighted by Gasteiger charge is -2.38. The monoisotopic (exact) mass is 509 g/mol. The smallest absolute Gasteiger partial charge is 0.328 e. The zero-order valence-corrected chi connectivity index (χ0v) is 23.9. The summed E-state index contributed by atoms with van der Waals surface area (Å²) in [5.41, 5.74) is 0. The van der Waals surface area contributed by atoms with Crippen molar-refractivity contribution in [2.45, 2.75) is 156 Å². The van der Waals surface area contributed by atoms with Crippen LogP contribution in [-0.4, -0.2) is 36.6 Å². The quantitative estimate of drug-likeness (QED) is 0.0900. The minimum Gasteiger partial charge on any atom is -0.461 e. The van der Waals surface area contributed by atoms with Gasteiger partial charge in [-0.3, -0.25) is 9.59 Å². The minimum atomic E-state index is -0.637. The number of amides is 1. The molecule has 0 aliphatic carbocycles. The van der Waals surface area contributed by atoms with E-state index in [4.69, 9.17) is 9.47 Å². The molecule has 210 valence electrons. The number of ether oxygens (including phenoxy) is 2. The molecule has 0 aromatic carbocycles. The second kappa shape index (κ2) is 19.5. The first-order valence-corrected chi connectivity index (χ1v) is 14.9. The first-order valence-electron chi connectivity index (χ1n) is 14.9. The highest BCUT2D eigenvalue weighted by Crippen LogP contribution is 2.34. The van der Waals surface area contributed by atoms with Crippen molar-refractivity contribution in [3.8, 4) is 0 Å². The Morgan fingerprint density at radius 1 is 0.944 bits per heavy atom. The fourth-order valence-electron chi connectivity index (χ4n) is 5.01. The van der Waals surface area contributed by atoms with Gasteiger partial charge in [0.15, 0.2) is 0 Å². The summed E-state index contributed by atoms with van der Waals surface area (Å²) in [7, 11) is 0. The lowest BCUT2D eigenvalue weighted by molar-refractivity contribution is -0.191. The van der Waals surface area contributed by atoms with E-state index in [0.29, 0.717) is 25.2 Å². The molecule has 5 atom stereocenters. The summed E-state index contributed by atoms with van der Waals surface area (Å²) in [6.45, 7) is 10.6. The molecule has 0 saturated carbocycles. The maximum absolute atomic E-state index is 12.9. The molecule has 6 heteroatoms. The average molecular weight is 510 g/mol. The predicted octanol–water partition coefficient (Wildman–Crippen LogP) is 7.13. The fraction of sp³-hybridized carbons (Fsp3) is 0.900. The van der Waals surface area contributed by atoms with Gasteiger partial charge < -0.3 is 14.8 Å². The first-order chi connectivity index (χ1) is 17.3. The topological polar surface area (TPSA) is 81.7 Å². The summed E-state index contributed by atoms with van der Waals surface area (Å²) < 4.78 is 11.4. The molecular formula is C30H55NO5. The van der Waals surface area contributed by atoms with E-state index >= 15 is 0 Å². The van der Waals surface area contributed by atoms with Crippen LogP contribution in [0.3, 0.4) is 0 Å². The number of carbonyl (C=O) groups excluding carboxylic acids is 3. The molecule has 0 radical (unpaired) electrons. The largest absolute Gasteiger partial charge is 0.461 e. The van der Waals surface area contributed by atoms with Crippen molar-refractivity contribution in [2.24, 2.45) is 17.8 Å². The molecule has 36 heavy (non-hydrogen) atoms. The van der Waals surface area contributed by atoms with Gasteiger partial charge in [0.05, 0.1) is 5.92 Å². The Balaban J connectivity index is 2.54. The van der Waals surface area contributed by atoms with Crippen molar-refractivity contribution in [1.29, 1.82) is 0 Å². The standard InChI is InChI=1S/C30H55NO5/c1-6-8-9-10-11-12-13-14-15-16-17-18-25(35-30(34)27(31-22-32)19-23(3)4)21-28-26(29(33)36-28)20-24(5)7-2/h22-28H,6-21H2,1-5H3,(H,31,32)/t24?,25-,26-,27-,28-/m0/s1. The van der Waals surface area contributed by atoms with E-state index in [-0.39, 0.29) is 36.0 Å². The highest BCUT2D eigenvalue weighted by atomic mass is 16.6. The maximum Gasteiger partial charge on any atom is 0.328 e. The Kier molecular flexibility index (Phi) is 17.6. The molecule has 6 nitrogen and oxygen atoms in total. The third kappa shape index (κ3) is 13.6. The Bertz CT molecular complexity index is 608. The first kappa shape index (κ1) is 32.4. The van der Waals surface area contributed by atoms with Gasteiger partial charge in [-0.05, 0) is 37.5 Å². The Hall–Kier alpha value is -1.59. The second-order valence-corrected chi connectivity index (χ2v) is 11.4. The van der Waals surface area contributed by atoms with E-state index in [0.717, 1.165) is 32.1 Å². The number of hydrogen-bond donors (Lipinski definition) is 1. The van der Waals surface area contributed by atoms with Crippen LogP contribution in [0.4, 0.5) is 0 Å². The molecule has 1 heterocycles. The summed E-state index contributed by atoms with van der Waals surface area (Å²) in [6, 6.07) is -0.637. The lowest BCUT2D eigenvalue weighted by Crippen LogP contribution is -2.48. The molecule has 1 unspecified atom stereocenters. The number of carbonyl (C=O) groups is 3. The number of unbranched alkanes of at least 4 members (excludes halogenated alkanes) is 10. The number of rotatable bonds is 23. The maximum atomic E-state index is 12.9. The van der Waals surface area contributed by atoms with Gasteiger partial charge in [-0.25, -0.2) is 4.79 Å². The normalized spacial score (nSPS) is 19.8. The zero-order chi connectivity index (χ0) is 26.8. The van der Waals surface area contributed by atoms with Crippen LogP contribution in [0.5, 0.6) is 0 Å². The van der Waals surface area contributed by atoms with Crippen LogP contribution in [0.25, 0.3) is 0 Å². The molecule has 1 aliphatic rings. The van der Waals surface area contributed by atoms with Gasteiger partial charge >= 0.3 is 11.9 Å². The van der Waals surface area contributed by atoms with Gasteiger partial charge in [0, 0.05) is 6.42 Å². The fourth-order valence-corrected chi connectivity index (χ4v) is 5.01. The van der Waals surface area contributed by atoms with Gasteiger partial charge in [-0.1, -0.05) is 105 Å². The van der Waals surface area contributed by atoms with Crippen molar-refractivity contribution < 1.29 is 23.9 Å². The van der Waals surface area contributed by atoms with Crippen molar-refractivity contribution in [3.63, 3.8) is 0 Å². The Morgan fingerprint density at radius 3 is 2.03 bits per heavy atom.